The number of fused-ring (bicyclic) bond motifs is 1. The van der Waals surface area contributed by atoms with Crippen LogP contribution in [0.4, 0.5) is 0 Å². The molecule has 2 aromatic heterocycles. The second-order valence-electron chi connectivity index (χ2n) is 8.89. The van der Waals surface area contributed by atoms with Crippen LogP contribution in [-0.2, 0) is 0 Å². The zero-order valence-corrected chi connectivity index (χ0v) is 19.6. The van der Waals surface area contributed by atoms with E-state index in [0.29, 0.717) is 29.2 Å². The van der Waals surface area contributed by atoms with Gasteiger partial charge in [-0.2, -0.15) is 0 Å². The summed E-state index contributed by atoms with van der Waals surface area (Å²) >= 11 is 0. The van der Waals surface area contributed by atoms with Gasteiger partial charge in [-0.3, -0.25) is 0 Å². The van der Waals surface area contributed by atoms with E-state index in [1.54, 1.807) is 14.2 Å². The Balaban J connectivity index is 1.56. The van der Waals surface area contributed by atoms with Gasteiger partial charge in [-0.25, -0.2) is 0 Å². The molecule has 4 aromatic rings. The lowest BCUT2D eigenvalue weighted by Gasteiger charge is -2.18. The lowest BCUT2D eigenvalue weighted by molar-refractivity contribution is 0.355. The molecular weight excluding hydrogens is 416 g/mol. The summed E-state index contributed by atoms with van der Waals surface area (Å²) in [6, 6.07) is 12.3. The number of piperidine rings is 1. The Morgan fingerprint density at radius 1 is 1.00 bits per heavy atom. The first-order chi connectivity index (χ1) is 16.1. The monoisotopic (exact) mass is 446 g/mol. The molecule has 0 spiro atoms. The summed E-state index contributed by atoms with van der Waals surface area (Å²) in [6.45, 7) is 6.37. The van der Waals surface area contributed by atoms with E-state index in [-0.39, 0.29) is 0 Å². The number of nitrogens with one attached hydrogen (secondary N) is 2. The Labute approximate surface area is 193 Å². The SMILES string of the molecule is COc1ccc(-c2[nH]c3ccc(-c4nnc([C@H]5CCCNC5)o4)cc3c2C(C)C)cc1OC. The molecule has 7 heteroatoms. The molecule has 1 fully saturated rings. The number of ether oxygens (including phenoxy) is 2. The fraction of sp³-hybridized carbons (Fsp3) is 0.385. The summed E-state index contributed by atoms with van der Waals surface area (Å²) < 4.78 is 17.0. The summed E-state index contributed by atoms with van der Waals surface area (Å²) in [6.07, 6.45) is 2.21. The average Bonchev–Trinajstić information content (AvgIpc) is 3.49. The molecule has 0 saturated carbocycles. The Bertz CT molecular complexity index is 1270. The first kappa shape index (κ1) is 21.5. The van der Waals surface area contributed by atoms with Crippen LogP contribution in [0.5, 0.6) is 11.5 Å². The van der Waals surface area contributed by atoms with Crippen molar-refractivity contribution in [1.29, 1.82) is 0 Å². The van der Waals surface area contributed by atoms with Gasteiger partial charge in [-0.1, -0.05) is 13.8 Å². The quantitative estimate of drug-likeness (QED) is 0.407. The van der Waals surface area contributed by atoms with Crippen molar-refractivity contribution >= 4 is 10.9 Å². The normalized spacial score (nSPS) is 16.5. The van der Waals surface area contributed by atoms with Gasteiger partial charge in [0, 0.05) is 34.5 Å². The van der Waals surface area contributed by atoms with Crippen LogP contribution < -0.4 is 14.8 Å². The lowest BCUT2D eigenvalue weighted by Crippen LogP contribution is -2.28. The van der Waals surface area contributed by atoms with E-state index >= 15 is 0 Å². The highest BCUT2D eigenvalue weighted by Crippen LogP contribution is 2.40. The molecule has 5 rings (SSSR count). The van der Waals surface area contributed by atoms with Crippen molar-refractivity contribution in [2.24, 2.45) is 0 Å². The van der Waals surface area contributed by atoms with Gasteiger partial charge in [0.1, 0.15) is 0 Å². The molecule has 7 nitrogen and oxygen atoms in total. The number of hydrogen-bond acceptors (Lipinski definition) is 6. The number of hydrogen-bond donors (Lipinski definition) is 2. The summed E-state index contributed by atoms with van der Waals surface area (Å²) in [4.78, 5) is 3.61. The summed E-state index contributed by atoms with van der Waals surface area (Å²) in [7, 11) is 3.31. The molecule has 1 aliphatic rings. The third kappa shape index (κ3) is 3.97. The van der Waals surface area contributed by atoms with Gasteiger partial charge in [0.05, 0.1) is 19.9 Å². The molecule has 0 radical (unpaired) electrons. The van der Waals surface area contributed by atoms with Crippen molar-refractivity contribution in [2.75, 3.05) is 27.3 Å². The molecule has 0 unspecified atom stereocenters. The van der Waals surface area contributed by atoms with E-state index in [2.05, 4.69) is 52.5 Å². The molecule has 33 heavy (non-hydrogen) atoms. The van der Waals surface area contributed by atoms with E-state index in [1.165, 1.54) is 5.56 Å². The van der Waals surface area contributed by atoms with Gasteiger partial charge in [0.15, 0.2) is 11.5 Å². The van der Waals surface area contributed by atoms with E-state index in [1.807, 2.05) is 18.2 Å². The van der Waals surface area contributed by atoms with Crippen molar-refractivity contribution in [3.8, 4) is 34.2 Å². The van der Waals surface area contributed by atoms with Crippen LogP contribution in [0.1, 0.15) is 50.0 Å². The Hall–Kier alpha value is -3.32. The fourth-order valence-electron chi connectivity index (χ4n) is 4.74. The molecule has 1 aliphatic heterocycles. The molecule has 172 valence electrons. The average molecular weight is 447 g/mol. The van der Waals surface area contributed by atoms with Crippen molar-refractivity contribution in [1.82, 2.24) is 20.5 Å². The highest BCUT2D eigenvalue weighted by Gasteiger charge is 2.23. The number of benzene rings is 2. The van der Waals surface area contributed by atoms with Crippen LogP contribution in [0.2, 0.25) is 0 Å². The maximum Gasteiger partial charge on any atom is 0.247 e. The van der Waals surface area contributed by atoms with Gasteiger partial charge < -0.3 is 24.2 Å². The third-order valence-corrected chi connectivity index (χ3v) is 6.42. The molecular formula is C26H30N4O3. The van der Waals surface area contributed by atoms with E-state index in [4.69, 9.17) is 13.9 Å². The molecule has 3 heterocycles. The Morgan fingerprint density at radius 3 is 2.55 bits per heavy atom. The van der Waals surface area contributed by atoms with Crippen LogP contribution in [0.3, 0.4) is 0 Å². The molecule has 1 atom stereocenters. The number of methoxy groups -OCH3 is 2. The molecule has 1 saturated heterocycles. The standard InChI is InChI=1S/C26H30N4O3/c1-15(2)23-19-12-17(25-29-30-26(33-25)18-6-5-11-27-14-18)7-9-20(19)28-24(23)16-8-10-21(31-3)22(13-16)32-4/h7-10,12-13,15,18,27-28H,5-6,11,14H2,1-4H3/t18-/m0/s1. The maximum absolute atomic E-state index is 6.10. The summed E-state index contributed by atoms with van der Waals surface area (Å²) in [5, 5.41) is 13.3. The summed E-state index contributed by atoms with van der Waals surface area (Å²) in [5.41, 5.74) is 5.39. The van der Waals surface area contributed by atoms with E-state index in [0.717, 1.165) is 59.5 Å². The highest BCUT2D eigenvalue weighted by molar-refractivity contribution is 5.94. The van der Waals surface area contributed by atoms with Crippen LogP contribution in [0, 0.1) is 0 Å². The van der Waals surface area contributed by atoms with Gasteiger partial charge in [-0.05, 0) is 67.3 Å². The topological polar surface area (TPSA) is 85.2 Å². The van der Waals surface area contributed by atoms with Crippen molar-refractivity contribution in [2.45, 2.75) is 38.5 Å². The minimum atomic E-state index is 0.291. The molecule has 0 amide bonds. The fourth-order valence-corrected chi connectivity index (χ4v) is 4.74. The minimum Gasteiger partial charge on any atom is -0.493 e. The maximum atomic E-state index is 6.10. The zero-order chi connectivity index (χ0) is 22.9. The molecule has 0 aliphatic carbocycles. The Kier molecular flexibility index (Phi) is 5.81. The number of nitrogens with zero attached hydrogens (tertiary/aromatic N) is 2. The first-order valence-electron chi connectivity index (χ1n) is 11.5. The van der Waals surface area contributed by atoms with Crippen LogP contribution in [0.15, 0.2) is 40.8 Å². The van der Waals surface area contributed by atoms with Gasteiger partial charge in [-0.15, -0.1) is 10.2 Å². The lowest BCUT2D eigenvalue weighted by atomic mass is 9.95. The van der Waals surface area contributed by atoms with Crippen molar-refractivity contribution in [3.63, 3.8) is 0 Å². The second kappa shape index (κ2) is 8.90. The van der Waals surface area contributed by atoms with Gasteiger partial charge in [0.25, 0.3) is 0 Å². The number of aromatic amines is 1. The minimum absolute atomic E-state index is 0.291. The number of aromatic nitrogens is 3. The van der Waals surface area contributed by atoms with Crippen molar-refractivity contribution < 1.29 is 13.9 Å². The summed E-state index contributed by atoms with van der Waals surface area (Å²) in [5.74, 6) is 3.32. The Morgan fingerprint density at radius 2 is 1.82 bits per heavy atom. The highest BCUT2D eigenvalue weighted by atomic mass is 16.5. The molecule has 0 bridgehead atoms. The molecule has 2 aromatic carbocycles. The first-order valence-corrected chi connectivity index (χ1v) is 11.5. The second-order valence-corrected chi connectivity index (χ2v) is 8.89. The predicted octanol–water partition coefficient (Wildman–Crippen LogP) is 5.49. The predicted molar refractivity (Wildman–Crippen MR) is 129 cm³/mol. The van der Waals surface area contributed by atoms with E-state index < -0.39 is 0 Å². The van der Waals surface area contributed by atoms with Crippen LogP contribution in [0.25, 0.3) is 33.6 Å². The van der Waals surface area contributed by atoms with Crippen LogP contribution >= 0.6 is 0 Å². The number of rotatable bonds is 6. The zero-order valence-electron chi connectivity index (χ0n) is 19.6. The van der Waals surface area contributed by atoms with Crippen molar-refractivity contribution in [3.05, 3.63) is 47.9 Å². The third-order valence-electron chi connectivity index (χ3n) is 6.42. The largest absolute Gasteiger partial charge is 0.493 e. The molecule has 2 N–H and O–H groups in total. The van der Waals surface area contributed by atoms with E-state index in [9.17, 15) is 0 Å². The number of H-pyrrole nitrogens is 1. The van der Waals surface area contributed by atoms with Gasteiger partial charge >= 0.3 is 0 Å². The van der Waals surface area contributed by atoms with Crippen LogP contribution in [-0.4, -0.2) is 42.5 Å². The van der Waals surface area contributed by atoms with Gasteiger partial charge in [0.2, 0.25) is 11.8 Å². The smallest absolute Gasteiger partial charge is 0.247 e.